The predicted molar refractivity (Wildman–Crippen MR) is 254 cm³/mol. The topological polar surface area (TPSA) is 243 Å². The Bertz CT molecular complexity index is 2080. The number of fused-ring (bicyclic) bond motifs is 1. The van der Waals surface area contributed by atoms with E-state index in [1.165, 1.54) is 14.2 Å². The van der Waals surface area contributed by atoms with E-state index < -0.39 is 77.9 Å². The van der Waals surface area contributed by atoms with Crippen LogP contribution in [0.3, 0.4) is 0 Å². The number of hydroxylamine groups is 2. The van der Waals surface area contributed by atoms with Gasteiger partial charge in [0.1, 0.15) is 12.1 Å². The molecule has 2 aliphatic heterocycles. The van der Waals surface area contributed by atoms with Crippen molar-refractivity contribution in [1.82, 2.24) is 35.4 Å². The summed E-state index contributed by atoms with van der Waals surface area (Å²) in [5.74, 6) is -5.27. The van der Waals surface area contributed by atoms with Crippen LogP contribution in [0.25, 0.3) is 10.9 Å². The van der Waals surface area contributed by atoms with Gasteiger partial charge in [-0.15, -0.1) is 5.06 Å². The third-order valence-corrected chi connectivity index (χ3v) is 13.7. The third kappa shape index (κ3) is 13.6. The molecule has 1 aromatic carbocycles. The van der Waals surface area contributed by atoms with Crippen LogP contribution in [0.15, 0.2) is 30.5 Å². The van der Waals surface area contributed by atoms with E-state index in [9.17, 15) is 38.4 Å². The maximum atomic E-state index is 14.6. The van der Waals surface area contributed by atoms with Gasteiger partial charge in [0.25, 0.3) is 11.8 Å². The summed E-state index contributed by atoms with van der Waals surface area (Å²) >= 11 is 0. The number of rotatable bonds is 26. The van der Waals surface area contributed by atoms with Crippen molar-refractivity contribution in [2.75, 3.05) is 41.4 Å². The van der Waals surface area contributed by atoms with Crippen molar-refractivity contribution in [1.29, 1.82) is 0 Å². The van der Waals surface area contributed by atoms with Gasteiger partial charge >= 0.3 is 5.97 Å². The average molecular weight is 953 g/mol. The minimum absolute atomic E-state index is 0.00260. The lowest BCUT2D eigenvalue weighted by molar-refractivity contribution is -0.197. The Morgan fingerprint density at radius 3 is 2.16 bits per heavy atom. The first-order chi connectivity index (χ1) is 32.2. The lowest BCUT2D eigenvalue weighted by Crippen LogP contribution is -2.60. The molecule has 68 heavy (non-hydrogen) atoms. The molecule has 0 radical (unpaired) electrons. The third-order valence-electron chi connectivity index (χ3n) is 13.7. The van der Waals surface area contributed by atoms with Crippen molar-refractivity contribution >= 4 is 58.2 Å². The summed E-state index contributed by atoms with van der Waals surface area (Å²) in [7, 11) is 6.44. The standard InChI is InChI=1S/C49H76N8O11/c1-12-30(6)44(55(9)49(65)42(28(2)3)53-48(64)43(29(4)5)54(8)23-16-20-41(61)68-57-38(58)21-22-39(57)59)37(66-10)26-40(60)56-24-15-19-36(56)45(67-11)31(7)47(63)52-35(46(50)62)25-32-27-51-34-18-14-13-17-33(32)34/h13-14,17-18,27-31,35-37,42-45,51H,12,15-16,19-26H2,1-11H3,(H2,50,62)(H,52,63)(H,53,64)/t30-,31+,35-,36-,37+,42-,43-,44?,45+/m0/s1. The smallest absolute Gasteiger partial charge is 0.333 e. The molecule has 2 fully saturated rings. The number of nitrogens with two attached hydrogens (primary N) is 1. The Hall–Kier alpha value is -5.40. The van der Waals surface area contributed by atoms with E-state index in [0.717, 1.165) is 16.5 Å². The number of likely N-dealkylation sites (N-methyl/N-ethyl adjacent to an activating group) is 2. The van der Waals surface area contributed by atoms with E-state index in [1.807, 2.05) is 65.8 Å². The summed E-state index contributed by atoms with van der Waals surface area (Å²) in [6.45, 7) is 13.9. The van der Waals surface area contributed by atoms with Crippen LogP contribution in [-0.4, -0.2) is 156 Å². The predicted octanol–water partition coefficient (Wildman–Crippen LogP) is 3.09. The minimum atomic E-state index is -0.983. The van der Waals surface area contributed by atoms with Crippen molar-refractivity contribution in [3.05, 3.63) is 36.0 Å². The molecular weight excluding hydrogens is 877 g/mol. The van der Waals surface area contributed by atoms with Crippen molar-refractivity contribution in [2.24, 2.45) is 29.4 Å². The molecule has 0 bridgehead atoms. The number of amides is 7. The van der Waals surface area contributed by atoms with Crippen molar-refractivity contribution in [3.63, 3.8) is 0 Å². The average Bonchev–Trinajstić information content (AvgIpc) is 4.03. The number of likely N-dealkylation sites (tertiary alicyclic amines) is 1. The second kappa shape index (κ2) is 25.3. The maximum Gasteiger partial charge on any atom is 0.333 e. The molecule has 3 heterocycles. The molecule has 1 aromatic heterocycles. The summed E-state index contributed by atoms with van der Waals surface area (Å²) in [5.41, 5.74) is 7.53. The number of aromatic nitrogens is 1. The van der Waals surface area contributed by atoms with Gasteiger partial charge in [-0.3, -0.25) is 38.5 Å². The second-order valence-corrected chi connectivity index (χ2v) is 19.2. The number of methoxy groups -OCH3 is 2. The number of H-pyrrole nitrogens is 1. The summed E-state index contributed by atoms with van der Waals surface area (Å²) < 4.78 is 12.0. The van der Waals surface area contributed by atoms with Crippen LogP contribution in [0.1, 0.15) is 105 Å². The van der Waals surface area contributed by atoms with Crippen LogP contribution in [0.5, 0.6) is 0 Å². The lowest BCUT2D eigenvalue weighted by atomic mass is 9.89. The number of nitrogens with one attached hydrogen (secondary N) is 3. The Morgan fingerprint density at radius 2 is 1.57 bits per heavy atom. The highest BCUT2D eigenvalue weighted by molar-refractivity contribution is 6.01. The molecule has 2 saturated heterocycles. The van der Waals surface area contributed by atoms with Crippen molar-refractivity contribution < 1.29 is 52.7 Å². The molecule has 19 heteroatoms. The van der Waals surface area contributed by atoms with Gasteiger partial charge in [0.2, 0.25) is 29.5 Å². The van der Waals surface area contributed by atoms with Gasteiger partial charge in [-0.25, -0.2) is 4.79 Å². The van der Waals surface area contributed by atoms with Crippen molar-refractivity contribution in [2.45, 2.75) is 149 Å². The maximum absolute atomic E-state index is 14.6. The number of carbonyl (C=O) groups excluding carboxylic acids is 8. The van der Waals surface area contributed by atoms with E-state index in [0.29, 0.717) is 37.4 Å². The van der Waals surface area contributed by atoms with Gasteiger partial charge in [0, 0.05) is 70.6 Å². The molecular formula is C49H76N8O11. The summed E-state index contributed by atoms with van der Waals surface area (Å²) in [5, 5.41) is 7.29. The van der Waals surface area contributed by atoms with Gasteiger partial charge in [-0.05, 0) is 62.2 Å². The molecule has 0 saturated carbocycles. The number of aromatic amines is 1. The van der Waals surface area contributed by atoms with Crippen LogP contribution >= 0.6 is 0 Å². The number of hydrogen-bond donors (Lipinski definition) is 4. The first kappa shape index (κ1) is 55.2. The molecule has 5 N–H and O–H groups in total. The van der Waals surface area contributed by atoms with E-state index in [2.05, 4.69) is 15.6 Å². The zero-order valence-electron chi connectivity index (χ0n) is 41.9. The molecule has 2 aliphatic rings. The number of primary amides is 1. The monoisotopic (exact) mass is 953 g/mol. The molecule has 0 aliphatic carbocycles. The number of ether oxygens (including phenoxy) is 2. The number of nitrogens with zero attached hydrogens (tertiary/aromatic N) is 4. The zero-order valence-corrected chi connectivity index (χ0v) is 41.9. The lowest BCUT2D eigenvalue weighted by Gasteiger charge is -2.41. The highest BCUT2D eigenvalue weighted by Crippen LogP contribution is 2.30. The first-order valence-electron chi connectivity index (χ1n) is 24.0. The minimum Gasteiger partial charge on any atom is -0.379 e. The summed E-state index contributed by atoms with van der Waals surface area (Å²) in [4.78, 5) is 119. The normalized spacial score (nSPS) is 18.9. The molecule has 9 atom stereocenters. The van der Waals surface area contributed by atoms with Crippen LogP contribution < -0.4 is 16.4 Å². The van der Waals surface area contributed by atoms with Crippen LogP contribution in [0.2, 0.25) is 0 Å². The Balaban J connectivity index is 1.42. The number of hydrogen-bond acceptors (Lipinski definition) is 12. The quantitative estimate of drug-likeness (QED) is 0.0996. The number of para-hydroxylation sites is 1. The van der Waals surface area contributed by atoms with Gasteiger partial charge in [0.05, 0.1) is 42.7 Å². The van der Waals surface area contributed by atoms with Crippen molar-refractivity contribution in [3.8, 4) is 0 Å². The molecule has 378 valence electrons. The SMILES string of the molecule is CC[C@H](C)C([C@@H](CC(=O)N1CCC[C@H]1[C@H](OC)[C@@H](C)C(=O)N[C@@H](Cc1c[nH]c2ccccc12)C(N)=O)OC)N(C)C(=O)[C@@H](NC(=O)[C@H](C(C)C)N(C)CCCC(=O)ON1C(=O)CCC1=O)C(C)C. The Labute approximate surface area is 400 Å². The van der Waals surface area contributed by atoms with Crippen LogP contribution in [0, 0.1) is 23.7 Å². The summed E-state index contributed by atoms with van der Waals surface area (Å²) in [6, 6.07) is 4.05. The Morgan fingerprint density at radius 1 is 0.912 bits per heavy atom. The zero-order chi connectivity index (χ0) is 50.6. The molecule has 7 amide bonds. The molecule has 0 spiro atoms. The Kier molecular flexibility index (Phi) is 20.5. The van der Waals surface area contributed by atoms with E-state index >= 15 is 0 Å². The molecule has 19 nitrogen and oxygen atoms in total. The first-order valence-corrected chi connectivity index (χ1v) is 24.0. The second-order valence-electron chi connectivity index (χ2n) is 19.2. The van der Waals surface area contributed by atoms with E-state index in [1.54, 1.807) is 41.9 Å². The molecule has 4 rings (SSSR count). The number of benzene rings is 1. The van der Waals surface area contributed by atoms with Gasteiger partial charge in [0.15, 0.2) is 0 Å². The summed E-state index contributed by atoms with van der Waals surface area (Å²) in [6.07, 6.45) is 2.59. The fraction of sp³-hybridized carbons (Fsp3) is 0.673. The van der Waals surface area contributed by atoms with Crippen LogP contribution in [-0.2, 0) is 59.1 Å². The fourth-order valence-electron chi connectivity index (χ4n) is 9.75. The van der Waals surface area contributed by atoms with Gasteiger partial charge in [-0.2, -0.15) is 0 Å². The highest BCUT2D eigenvalue weighted by Gasteiger charge is 2.44. The fourth-order valence-corrected chi connectivity index (χ4v) is 9.75. The molecule has 1 unspecified atom stereocenters. The number of carbonyl (C=O) groups is 8. The highest BCUT2D eigenvalue weighted by atomic mass is 16.7. The van der Waals surface area contributed by atoms with E-state index in [-0.39, 0.29) is 74.0 Å². The molecule has 2 aromatic rings. The van der Waals surface area contributed by atoms with Gasteiger partial charge < -0.3 is 45.5 Å². The largest absolute Gasteiger partial charge is 0.379 e. The van der Waals surface area contributed by atoms with E-state index in [4.69, 9.17) is 20.0 Å². The van der Waals surface area contributed by atoms with Gasteiger partial charge in [-0.1, -0.05) is 73.1 Å². The number of imide groups is 1. The van der Waals surface area contributed by atoms with Crippen LogP contribution in [0.4, 0.5) is 0 Å².